The van der Waals surface area contributed by atoms with Gasteiger partial charge in [-0.2, -0.15) is 11.8 Å². The molecule has 0 aromatic carbocycles. The van der Waals surface area contributed by atoms with Crippen molar-refractivity contribution in [3.8, 4) is 0 Å². The lowest BCUT2D eigenvalue weighted by Gasteiger charge is -2.36. The van der Waals surface area contributed by atoms with Crippen LogP contribution >= 0.6 is 47.1 Å². The fourth-order valence-corrected chi connectivity index (χ4v) is 5.45. The van der Waals surface area contributed by atoms with Gasteiger partial charge in [0, 0.05) is 35.5 Å². The van der Waals surface area contributed by atoms with Crippen LogP contribution in [0.1, 0.15) is 25.6 Å². The molecular formula is C15H27IN4O2S3. The van der Waals surface area contributed by atoms with Crippen molar-refractivity contribution < 1.29 is 8.42 Å². The van der Waals surface area contributed by atoms with E-state index in [0.717, 1.165) is 36.2 Å². The maximum atomic E-state index is 11.4. The molecule has 1 saturated heterocycles. The fourth-order valence-electron chi connectivity index (χ4n) is 2.45. The van der Waals surface area contributed by atoms with Gasteiger partial charge in [0.15, 0.2) is 5.96 Å². The van der Waals surface area contributed by atoms with E-state index in [2.05, 4.69) is 31.0 Å². The summed E-state index contributed by atoms with van der Waals surface area (Å²) in [4.78, 5) is 7.89. The van der Waals surface area contributed by atoms with Crippen LogP contribution < -0.4 is 10.5 Å². The molecule has 1 aromatic rings. The molecule has 1 aliphatic heterocycles. The van der Waals surface area contributed by atoms with Crippen LogP contribution in [-0.2, 0) is 16.6 Å². The van der Waals surface area contributed by atoms with Crippen LogP contribution in [0.15, 0.2) is 21.3 Å². The Morgan fingerprint density at radius 1 is 1.48 bits per heavy atom. The quantitative estimate of drug-likeness (QED) is 0.356. The molecule has 0 radical (unpaired) electrons. The molecule has 25 heavy (non-hydrogen) atoms. The molecule has 0 aliphatic carbocycles. The number of nitrogens with zero attached hydrogens (tertiary/aromatic N) is 2. The largest absolute Gasteiger partial charge is 0.357 e. The monoisotopic (exact) mass is 518 g/mol. The minimum absolute atomic E-state index is 0. The van der Waals surface area contributed by atoms with E-state index in [4.69, 9.17) is 10.1 Å². The Bertz CT molecular complexity index is 676. The topological polar surface area (TPSA) is 87.8 Å². The van der Waals surface area contributed by atoms with Gasteiger partial charge in [0.1, 0.15) is 4.21 Å². The second-order valence-corrected chi connectivity index (χ2v) is 10.3. The number of thiophene rings is 1. The van der Waals surface area contributed by atoms with Crippen molar-refractivity contribution in [3.63, 3.8) is 0 Å². The summed E-state index contributed by atoms with van der Waals surface area (Å²) in [6.07, 6.45) is 0. The van der Waals surface area contributed by atoms with Gasteiger partial charge in [0.2, 0.25) is 10.0 Å². The summed E-state index contributed by atoms with van der Waals surface area (Å²) in [5.74, 6) is 2.63. The number of aliphatic imine (C=N–C) groups is 1. The smallest absolute Gasteiger partial charge is 0.247 e. The van der Waals surface area contributed by atoms with Gasteiger partial charge < -0.3 is 10.2 Å². The predicted octanol–water partition coefficient (Wildman–Crippen LogP) is 2.55. The average Bonchev–Trinajstić information content (AvgIpc) is 3.00. The molecule has 0 bridgehead atoms. The number of hydrogen-bond donors (Lipinski definition) is 2. The van der Waals surface area contributed by atoms with E-state index in [0.29, 0.717) is 17.7 Å². The van der Waals surface area contributed by atoms with Crippen LogP contribution in [0.4, 0.5) is 0 Å². The Morgan fingerprint density at radius 2 is 2.20 bits per heavy atom. The third-order valence-corrected chi connectivity index (χ3v) is 7.82. The summed E-state index contributed by atoms with van der Waals surface area (Å²) >= 11 is 3.21. The van der Waals surface area contributed by atoms with Gasteiger partial charge in [0.25, 0.3) is 0 Å². The van der Waals surface area contributed by atoms with Crippen molar-refractivity contribution in [1.29, 1.82) is 0 Å². The van der Waals surface area contributed by atoms with Gasteiger partial charge >= 0.3 is 0 Å². The summed E-state index contributed by atoms with van der Waals surface area (Å²) in [5, 5.41) is 9.12. The molecule has 1 fully saturated rings. The van der Waals surface area contributed by atoms with Gasteiger partial charge in [-0.3, -0.25) is 0 Å². The number of guanidine groups is 1. The van der Waals surface area contributed by atoms with Crippen LogP contribution in [-0.4, -0.2) is 49.9 Å². The maximum Gasteiger partial charge on any atom is 0.247 e. The minimum atomic E-state index is -3.63. The first kappa shape index (κ1) is 23.0. The maximum absolute atomic E-state index is 11.4. The van der Waals surface area contributed by atoms with E-state index in [-0.39, 0.29) is 28.2 Å². The van der Waals surface area contributed by atoms with Gasteiger partial charge in [0.05, 0.1) is 6.54 Å². The third kappa shape index (κ3) is 6.89. The molecule has 2 heterocycles. The van der Waals surface area contributed by atoms with Crippen molar-refractivity contribution in [2.75, 3.05) is 25.4 Å². The molecule has 0 spiro atoms. The standard InChI is InChI=1S/C15H26N4O2S3.HI/c1-4-17-15(19-7-8-22-13(10-19)11(2)3)18-9-12-5-6-14(23-12)24(16,20)21;/h5-6,11,13H,4,7-10H2,1-3H3,(H,17,18)(H2,16,20,21);1H. The molecule has 1 aromatic heterocycles. The Kier molecular flexibility index (Phi) is 9.51. The van der Waals surface area contributed by atoms with Crippen molar-refractivity contribution in [2.24, 2.45) is 16.0 Å². The second kappa shape index (κ2) is 10.3. The first-order valence-corrected chi connectivity index (χ1v) is 11.5. The van der Waals surface area contributed by atoms with Crippen LogP contribution in [0.2, 0.25) is 0 Å². The molecule has 3 N–H and O–H groups in total. The highest BCUT2D eigenvalue weighted by Crippen LogP contribution is 2.25. The molecule has 1 atom stereocenters. The fraction of sp³-hybridized carbons (Fsp3) is 0.667. The van der Waals surface area contributed by atoms with Crippen molar-refractivity contribution in [1.82, 2.24) is 10.2 Å². The first-order chi connectivity index (χ1) is 11.3. The number of primary sulfonamides is 1. The number of hydrogen-bond acceptors (Lipinski definition) is 5. The molecule has 0 saturated carbocycles. The number of thioether (sulfide) groups is 1. The first-order valence-electron chi connectivity index (χ1n) is 8.07. The number of nitrogens with two attached hydrogens (primary N) is 1. The van der Waals surface area contributed by atoms with E-state index in [9.17, 15) is 8.42 Å². The Labute approximate surface area is 176 Å². The lowest BCUT2D eigenvalue weighted by molar-refractivity contribution is 0.381. The Morgan fingerprint density at radius 3 is 2.76 bits per heavy atom. The minimum Gasteiger partial charge on any atom is -0.357 e. The zero-order valence-electron chi connectivity index (χ0n) is 14.8. The normalized spacial score (nSPS) is 19.0. The molecule has 0 amide bonds. The lowest BCUT2D eigenvalue weighted by atomic mass is 10.1. The van der Waals surface area contributed by atoms with Crippen LogP contribution in [0.3, 0.4) is 0 Å². The number of sulfonamides is 1. The van der Waals surface area contributed by atoms with E-state index < -0.39 is 10.0 Å². The summed E-state index contributed by atoms with van der Waals surface area (Å²) in [6, 6.07) is 3.32. The highest BCUT2D eigenvalue weighted by molar-refractivity contribution is 14.0. The Balaban J connectivity index is 0.00000312. The molecular weight excluding hydrogens is 491 g/mol. The molecule has 2 rings (SSSR count). The lowest BCUT2D eigenvalue weighted by Crippen LogP contribution is -2.49. The summed E-state index contributed by atoms with van der Waals surface area (Å²) in [6.45, 7) is 9.80. The summed E-state index contributed by atoms with van der Waals surface area (Å²) in [5.41, 5.74) is 0. The van der Waals surface area contributed by atoms with E-state index >= 15 is 0 Å². The number of rotatable bonds is 5. The second-order valence-electron chi connectivity index (χ2n) is 6.04. The van der Waals surface area contributed by atoms with E-state index in [1.165, 1.54) is 11.3 Å². The highest BCUT2D eigenvalue weighted by atomic mass is 127. The van der Waals surface area contributed by atoms with Gasteiger partial charge in [-0.25, -0.2) is 18.5 Å². The predicted molar refractivity (Wildman–Crippen MR) is 119 cm³/mol. The molecule has 144 valence electrons. The zero-order valence-corrected chi connectivity index (χ0v) is 19.5. The van der Waals surface area contributed by atoms with Crippen LogP contribution in [0, 0.1) is 5.92 Å². The highest BCUT2D eigenvalue weighted by Gasteiger charge is 2.24. The molecule has 1 aliphatic rings. The van der Waals surface area contributed by atoms with Crippen molar-refractivity contribution in [3.05, 3.63) is 17.0 Å². The SMILES string of the molecule is CCNC(=NCc1ccc(S(N)(=O)=O)s1)N1CCSC(C(C)C)C1.I. The van der Waals surface area contributed by atoms with Crippen LogP contribution in [0.5, 0.6) is 0 Å². The molecule has 6 nitrogen and oxygen atoms in total. The summed E-state index contributed by atoms with van der Waals surface area (Å²) in [7, 11) is -3.63. The van der Waals surface area contributed by atoms with Gasteiger partial charge in [-0.05, 0) is 25.0 Å². The number of nitrogens with one attached hydrogen (secondary N) is 1. The summed E-state index contributed by atoms with van der Waals surface area (Å²) < 4.78 is 22.9. The van der Waals surface area contributed by atoms with E-state index in [1.807, 2.05) is 11.8 Å². The molecule has 10 heteroatoms. The van der Waals surface area contributed by atoms with Crippen LogP contribution in [0.25, 0.3) is 0 Å². The zero-order chi connectivity index (χ0) is 17.7. The van der Waals surface area contributed by atoms with Gasteiger partial charge in [-0.1, -0.05) is 13.8 Å². The average molecular weight is 519 g/mol. The van der Waals surface area contributed by atoms with Gasteiger partial charge in [-0.15, -0.1) is 35.3 Å². The number of halogens is 1. The third-order valence-electron chi connectivity index (χ3n) is 3.77. The van der Waals surface area contributed by atoms with E-state index in [1.54, 1.807) is 12.1 Å². The van der Waals surface area contributed by atoms with Crippen molar-refractivity contribution in [2.45, 2.75) is 36.8 Å². The molecule has 1 unspecified atom stereocenters. The Hall–Kier alpha value is -0.0400. The van der Waals surface area contributed by atoms with Crippen molar-refractivity contribution >= 4 is 63.1 Å².